The highest BCUT2D eigenvalue weighted by molar-refractivity contribution is 8.18. The summed E-state index contributed by atoms with van der Waals surface area (Å²) in [4.78, 5) is 29.2. The first kappa shape index (κ1) is 22.9. The maximum atomic E-state index is 12.3. The van der Waals surface area contributed by atoms with E-state index >= 15 is 0 Å². The van der Waals surface area contributed by atoms with Gasteiger partial charge in [0.15, 0.2) is 11.8 Å². The first-order valence-electron chi connectivity index (χ1n) is 9.78. The lowest BCUT2D eigenvalue weighted by Crippen LogP contribution is -2.20. The third-order valence-corrected chi connectivity index (χ3v) is 5.80. The highest BCUT2D eigenvalue weighted by Gasteiger charge is 2.23. The van der Waals surface area contributed by atoms with Crippen molar-refractivity contribution in [3.05, 3.63) is 93.3 Å². The molecule has 0 aliphatic carbocycles. The van der Waals surface area contributed by atoms with E-state index in [1.807, 2.05) is 12.1 Å². The molecule has 1 heterocycles. The molecule has 0 unspecified atom stereocenters. The van der Waals surface area contributed by atoms with Crippen LogP contribution in [-0.4, -0.2) is 23.6 Å². The Morgan fingerprint density at radius 3 is 2.27 bits per heavy atom. The molecule has 1 saturated heterocycles. The van der Waals surface area contributed by atoms with Crippen LogP contribution < -0.4 is 15.4 Å². The second-order valence-electron chi connectivity index (χ2n) is 6.87. The van der Waals surface area contributed by atoms with Gasteiger partial charge in [-0.2, -0.15) is 0 Å². The number of hydrogen-bond donors (Lipinski definition) is 2. The molecule has 2 amide bonds. The predicted molar refractivity (Wildman–Crippen MR) is 134 cm³/mol. The van der Waals surface area contributed by atoms with E-state index in [9.17, 15) is 9.59 Å². The van der Waals surface area contributed by atoms with E-state index in [1.54, 1.807) is 66.7 Å². The molecule has 9 heteroatoms. The Bertz CT molecular complexity index is 1230. The number of carbonyl (C=O) groups excluding carboxylic acids is 2. The van der Waals surface area contributed by atoms with Gasteiger partial charge in [0.2, 0.25) is 0 Å². The third-order valence-electron chi connectivity index (χ3n) is 4.38. The summed E-state index contributed by atoms with van der Waals surface area (Å²) in [5, 5.41) is 7.20. The van der Waals surface area contributed by atoms with Gasteiger partial charge in [0, 0.05) is 15.7 Å². The van der Waals surface area contributed by atoms with Gasteiger partial charge in [0.25, 0.3) is 11.8 Å². The molecule has 1 aliphatic heterocycles. The summed E-state index contributed by atoms with van der Waals surface area (Å²) < 4.78 is 5.53. The van der Waals surface area contributed by atoms with Gasteiger partial charge >= 0.3 is 0 Å². The summed E-state index contributed by atoms with van der Waals surface area (Å²) >= 11 is 13.0. The fourth-order valence-corrected chi connectivity index (χ4v) is 3.90. The standard InChI is InChI=1S/C24H17Cl2N3O3S/c25-16-3-7-18(8-4-16)27-22(30)14-32-20-11-1-15(2-12-20)13-21-23(31)29-24(33-21)28-19-9-5-17(26)6-10-19/h1-13H,14H2,(H,27,30)(H,28,29,31)/b21-13-. The van der Waals surface area contributed by atoms with Crippen molar-refractivity contribution in [2.75, 3.05) is 11.9 Å². The first-order chi connectivity index (χ1) is 15.9. The number of hydrogen-bond acceptors (Lipinski definition) is 5. The van der Waals surface area contributed by atoms with Gasteiger partial charge < -0.3 is 15.4 Å². The molecule has 1 aliphatic rings. The van der Waals surface area contributed by atoms with E-state index in [0.717, 1.165) is 5.56 Å². The number of amides is 2. The van der Waals surface area contributed by atoms with Crippen LogP contribution in [0.2, 0.25) is 10.0 Å². The molecular formula is C24H17Cl2N3O3S. The Labute approximate surface area is 204 Å². The van der Waals surface area contributed by atoms with E-state index in [0.29, 0.717) is 37.2 Å². The number of nitrogens with zero attached hydrogens (tertiary/aromatic N) is 1. The van der Waals surface area contributed by atoms with E-state index in [-0.39, 0.29) is 18.4 Å². The number of nitrogens with one attached hydrogen (secondary N) is 2. The Morgan fingerprint density at radius 1 is 0.970 bits per heavy atom. The number of rotatable bonds is 6. The van der Waals surface area contributed by atoms with Crippen LogP contribution in [0.25, 0.3) is 6.08 Å². The smallest absolute Gasteiger partial charge is 0.264 e. The molecule has 0 spiro atoms. The largest absolute Gasteiger partial charge is 0.484 e. The van der Waals surface area contributed by atoms with Gasteiger partial charge in [-0.3, -0.25) is 9.59 Å². The molecule has 3 aromatic carbocycles. The number of thioether (sulfide) groups is 1. The van der Waals surface area contributed by atoms with Crippen LogP contribution >= 0.6 is 35.0 Å². The van der Waals surface area contributed by atoms with Crippen molar-refractivity contribution in [3.8, 4) is 5.75 Å². The van der Waals surface area contributed by atoms with Gasteiger partial charge in [0.1, 0.15) is 5.75 Å². The van der Waals surface area contributed by atoms with Crippen molar-refractivity contribution >= 4 is 69.4 Å². The van der Waals surface area contributed by atoms with E-state index in [4.69, 9.17) is 27.9 Å². The van der Waals surface area contributed by atoms with Gasteiger partial charge in [-0.05, 0) is 84.1 Å². The van der Waals surface area contributed by atoms with Gasteiger partial charge in [-0.15, -0.1) is 0 Å². The molecule has 166 valence electrons. The maximum absolute atomic E-state index is 12.3. The number of ether oxygens (including phenoxy) is 1. The topological polar surface area (TPSA) is 79.8 Å². The molecule has 0 aromatic heterocycles. The quantitative estimate of drug-likeness (QED) is 0.415. The van der Waals surface area contributed by atoms with Crippen molar-refractivity contribution in [1.82, 2.24) is 5.32 Å². The molecule has 0 radical (unpaired) electrons. The lowest BCUT2D eigenvalue weighted by atomic mass is 10.2. The highest BCUT2D eigenvalue weighted by atomic mass is 35.5. The number of halogens is 2. The van der Waals surface area contributed by atoms with Crippen LogP contribution in [-0.2, 0) is 9.59 Å². The monoisotopic (exact) mass is 497 g/mol. The van der Waals surface area contributed by atoms with E-state index < -0.39 is 0 Å². The van der Waals surface area contributed by atoms with Crippen LogP contribution in [0.3, 0.4) is 0 Å². The second-order valence-corrected chi connectivity index (χ2v) is 8.77. The summed E-state index contributed by atoms with van der Waals surface area (Å²) in [6.45, 7) is -0.133. The second kappa shape index (κ2) is 10.6. The molecule has 0 bridgehead atoms. The summed E-state index contributed by atoms with van der Waals surface area (Å²) in [6.07, 6.45) is 1.77. The molecular weight excluding hydrogens is 481 g/mol. The lowest BCUT2D eigenvalue weighted by Gasteiger charge is -2.08. The Morgan fingerprint density at radius 2 is 1.61 bits per heavy atom. The SMILES string of the molecule is O=C(COc1ccc(/C=C2\SC(=Nc3ccc(Cl)cc3)NC2=O)cc1)Nc1ccc(Cl)cc1. The molecule has 4 rings (SSSR count). The predicted octanol–water partition coefficient (Wildman–Crippen LogP) is 5.90. The molecule has 33 heavy (non-hydrogen) atoms. The van der Waals surface area contributed by atoms with Crippen molar-refractivity contribution in [3.63, 3.8) is 0 Å². The van der Waals surface area contributed by atoms with Crippen LogP contribution in [0.1, 0.15) is 5.56 Å². The molecule has 0 saturated carbocycles. The molecule has 3 aromatic rings. The average molecular weight is 498 g/mol. The lowest BCUT2D eigenvalue weighted by molar-refractivity contribution is -0.118. The number of benzene rings is 3. The number of anilines is 1. The molecule has 0 atom stereocenters. The Kier molecular flexibility index (Phi) is 7.34. The average Bonchev–Trinajstić information content (AvgIpc) is 3.15. The van der Waals surface area contributed by atoms with Gasteiger partial charge in [0.05, 0.1) is 10.6 Å². The molecule has 2 N–H and O–H groups in total. The summed E-state index contributed by atoms with van der Waals surface area (Å²) in [5.74, 6) is 0.0406. The fraction of sp³-hybridized carbons (Fsp3) is 0.0417. The Balaban J connectivity index is 1.33. The van der Waals surface area contributed by atoms with Crippen LogP contribution in [0, 0.1) is 0 Å². The van der Waals surface area contributed by atoms with E-state index in [2.05, 4.69) is 15.6 Å². The third kappa shape index (κ3) is 6.61. The van der Waals surface area contributed by atoms with Gasteiger partial charge in [-0.25, -0.2) is 4.99 Å². The first-order valence-corrected chi connectivity index (χ1v) is 11.4. The van der Waals surface area contributed by atoms with Crippen LogP contribution in [0.15, 0.2) is 82.7 Å². The zero-order chi connectivity index (χ0) is 23.2. The zero-order valence-electron chi connectivity index (χ0n) is 17.0. The number of amidine groups is 1. The summed E-state index contributed by atoms with van der Waals surface area (Å²) in [6, 6.07) is 20.9. The van der Waals surface area contributed by atoms with Crippen molar-refractivity contribution in [1.29, 1.82) is 0 Å². The van der Waals surface area contributed by atoms with E-state index in [1.165, 1.54) is 11.8 Å². The maximum Gasteiger partial charge on any atom is 0.264 e. The van der Waals surface area contributed by atoms with Crippen LogP contribution in [0.5, 0.6) is 5.75 Å². The van der Waals surface area contributed by atoms with Crippen molar-refractivity contribution < 1.29 is 14.3 Å². The highest BCUT2D eigenvalue weighted by Crippen LogP contribution is 2.28. The van der Waals surface area contributed by atoms with Crippen molar-refractivity contribution in [2.45, 2.75) is 0 Å². The van der Waals surface area contributed by atoms with Crippen LogP contribution in [0.4, 0.5) is 11.4 Å². The molecule has 1 fully saturated rings. The zero-order valence-corrected chi connectivity index (χ0v) is 19.4. The fourth-order valence-electron chi connectivity index (χ4n) is 2.80. The summed E-state index contributed by atoms with van der Waals surface area (Å²) in [7, 11) is 0. The summed E-state index contributed by atoms with van der Waals surface area (Å²) in [5.41, 5.74) is 2.16. The number of aliphatic imine (C=N–C) groups is 1. The number of carbonyl (C=O) groups is 2. The normalized spacial score (nSPS) is 15.5. The van der Waals surface area contributed by atoms with Gasteiger partial charge in [-0.1, -0.05) is 35.3 Å². The Hall–Kier alpha value is -3.26. The molecule has 6 nitrogen and oxygen atoms in total. The minimum Gasteiger partial charge on any atom is -0.484 e. The van der Waals surface area contributed by atoms with Crippen molar-refractivity contribution in [2.24, 2.45) is 4.99 Å². The minimum atomic E-state index is -0.282. The minimum absolute atomic E-state index is 0.133.